The van der Waals surface area contributed by atoms with E-state index in [4.69, 9.17) is 21.1 Å². The van der Waals surface area contributed by atoms with Crippen molar-refractivity contribution in [3.63, 3.8) is 0 Å². The molecule has 0 aliphatic heterocycles. The first-order valence-electron chi connectivity index (χ1n) is 8.08. The topological polar surface area (TPSA) is 47.6 Å². The van der Waals surface area contributed by atoms with Crippen LogP contribution in [-0.2, 0) is 4.79 Å². The number of carbonyl (C=O) groups excluding carboxylic acids is 1. The zero-order chi connectivity index (χ0) is 18.4. The first-order valence-corrected chi connectivity index (χ1v) is 8.46. The fourth-order valence-electron chi connectivity index (χ4n) is 2.48. The molecule has 0 saturated carbocycles. The van der Waals surface area contributed by atoms with Crippen LogP contribution in [0.3, 0.4) is 0 Å². The molecule has 4 nitrogen and oxygen atoms in total. The van der Waals surface area contributed by atoms with Gasteiger partial charge in [-0.25, -0.2) is 0 Å². The molecule has 26 heavy (non-hydrogen) atoms. The van der Waals surface area contributed by atoms with Gasteiger partial charge < -0.3 is 14.8 Å². The monoisotopic (exact) mass is 367 g/mol. The summed E-state index contributed by atoms with van der Waals surface area (Å²) in [6, 6.07) is 23.5. The summed E-state index contributed by atoms with van der Waals surface area (Å²) < 4.78 is 11.1. The lowest BCUT2D eigenvalue weighted by atomic mass is 10.1. The Bertz CT molecular complexity index is 883. The average Bonchev–Trinajstić information content (AvgIpc) is 2.68. The van der Waals surface area contributed by atoms with E-state index in [1.807, 2.05) is 48.5 Å². The van der Waals surface area contributed by atoms with E-state index in [2.05, 4.69) is 5.32 Å². The minimum atomic E-state index is -0.845. The van der Waals surface area contributed by atoms with Gasteiger partial charge in [-0.2, -0.15) is 0 Å². The van der Waals surface area contributed by atoms with Gasteiger partial charge in [0.25, 0.3) is 5.91 Å². The Kier molecular flexibility index (Phi) is 5.77. The molecule has 1 N–H and O–H groups in total. The van der Waals surface area contributed by atoms with Crippen LogP contribution in [0.15, 0.2) is 78.9 Å². The van der Waals surface area contributed by atoms with Crippen LogP contribution >= 0.6 is 11.6 Å². The zero-order valence-electron chi connectivity index (χ0n) is 14.2. The molecule has 132 valence electrons. The van der Waals surface area contributed by atoms with Crippen molar-refractivity contribution < 1.29 is 14.3 Å². The lowest BCUT2D eigenvalue weighted by molar-refractivity contribution is -0.123. The molecule has 5 heteroatoms. The van der Waals surface area contributed by atoms with Crippen molar-refractivity contribution in [2.75, 3.05) is 12.4 Å². The van der Waals surface area contributed by atoms with Crippen LogP contribution in [0.4, 0.5) is 5.69 Å². The highest BCUT2D eigenvalue weighted by molar-refractivity contribution is 6.32. The van der Waals surface area contributed by atoms with E-state index >= 15 is 0 Å². The van der Waals surface area contributed by atoms with Gasteiger partial charge in [0, 0.05) is 17.3 Å². The Morgan fingerprint density at radius 1 is 0.962 bits per heavy atom. The van der Waals surface area contributed by atoms with Crippen molar-refractivity contribution in [2.24, 2.45) is 0 Å². The molecule has 1 amide bonds. The molecule has 0 heterocycles. The van der Waals surface area contributed by atoms with Gasteiger partial charge in [-0.1, -0.05) is 60.1 Å². The fourth-order valence-corrected chi connectivity index (χ4v) is 2.66. The Labute approximate surface area is 157 Å². The number of methoxy groups -OCH3 is 1. The van der Waals surface area contributed by atoms with Crippen molar-refractivity contribution in [3.8, 4) is 11.5 Å². The largest absolute Gasteiger partial charge is 0.497 e. The first kappa shape index (κ1) is 17.8. The molecule has 0 bridgehead atoms. The highest BCUT2D eigenvalue weighted by Crippen LogP contribution is 2.30. The third kappa shape index (κ3) is 4.35. The van der Waals surface area contributed by atoms with Gasteiger partial charge in [-0.05, 0) is 24.3 Å². The number of amides is 1. The smallest absolute Gasteiger partial charge is 0.270 e. The molecule has 0 aliphatic carbocycles. The number of rotatable bonds is 6. The molecule has 0 radical (unpaired) electrons. The van der Waals surface area contributed by atoms with Crippen molar-refractivity contribution >= 4 is 23.2 Å². The van der Waals surface area contributed by atoms with Gasteiger partial charge in [0.1, 0.15) is 11.5 Å². The van der Waals surface area contributed by atoms with Crippen LogP contribution in [0.5, 0.6) is 11.5 Å². The maximum absolute atomic E-state index is 12.9. The SMILES string of the molecule is COc1cccc(NC(=O)[C@H](Oc2ccccc2Cl)c2ccccc2)c1. The standard InChI is InChI=1S/C21H18ClNO3/c1-25-17-11-7-10-16(14-17)23-21(24)20(15-8-3-2-4-9-15)26-19-13-6-5-12-18(19)22/h2-14,20H,1H3,(H,23,24)/t20-/m1/s1. The van der Waals surface area contributed by atoms with Crippen molar-refractivity contribution in [2.45, 2.75) is 6.10 Å². The van der Waals surface area contributed by atoms with E-state index in [1.54, 1.807) is 37.4 Å². The van der Waals surface area contributed by atoms with Gasteiger partial charge in [0.2, 0.25) is 6.10 Å². The van der Waals surface area contributed by atoms with Gasteiger partial charge in [-0.3, -0.25) is 4.79 Å². The number of benzene rings is 3. The highest BCUT2D eigenvalue weighted by atomic mass is 35.5. The summed E-state index contributed by atoms with van der Waals surface area (Å²) in [4.78, 5) is 12.9. The lowest BCUT2D eigenvalue weighted by Gasteiger charge is -2.20. The number of ether oxygens (including phenoxy) is 2. The molecule has 0 aliphatic rings. The van der Waals surface area contributed by atoms with Crippen LogP contribution in [0.25, 0.3) is 0 Å². The average molecular weight is 368 g/mol. The van der Waals surface area contributed by atoms with Crippen LogP contribution in [-0.4, -0.2) is 13.0 Å². The molecule has 0 aromatic heterocycles. The Balaban J connectivity index is 1.87. The third-order valence-corrected chi connectivity index (χ3v) is 4.07. The Morgan fingerprint density at radius 2 is 1.69 bits per heavy atom. The van der Waals surface area contributed by atoms with Gasteiger partial charge in [-0.15, -0.1) is 0 Å². The van der Waals surface area contributed by atoms with E-state index in [-0.39, 0.29) is 5.91 Å². The van der Waals surface area contributed by atoms with E-state index < -0.39 is 6.10 Å². The van der Waals surface area contributed by atoms with Crippen molar-refractivity contribution in [1.82, 2.24) is 0 Å². The van der Waals surface area contributed by atoms with Gasteiger partial charge in [0.05, 0.1) is 12.1 Å². The fraction of sp³-hybridized carbons (Fsp3) is 0.0952. The van der Waals surface area contributed by atoms with Crippen LogP contribution in [0.2, 0.25) is 5.02 Å². The number of halogens is 1. The molecule has 3 aromatic carbocycles. The predicted molar refractivity (Wildman–Crippen MR) is 103 cm³/mol. The van der Waals surface area contributed by atoms with Crippen molar-refractivity contribution in [3.05, 3.63) is 89.4 Å². The second-order valence-electron chi connectivity index (χ2n) is 5.56. The second-order valence-corrected chi connectivity index (χ2v) is 5.97. The van der Waals surface area contributed by atoms with E-state index in [9.17, 15) is 4.79 Å². The molecule has 3 rings (SSSR count). The molecule has 0 fully saturated rings. The van der Waals surface area contributed by atoms with E-state index in [0.717, 1.165) is 5.56 Å². The van der Waals surface area contributed by atoms with E-state index in [1.165, 1.54) is 0 Å². The molecule has 3 aromatic rings. The number of hydrogen-bond donors (Lipinski definition) is 1. The predicted octanol–water partition coefficient (Wildman–Crippen LogP) is 5.11. The summed E-state index contributed by atoms with van der Waals surface area (Å²) in [5.74, 6) is 0.805. The summed E-state index contributed by atoms with van der Waals surface area (Å²) in [6.07, 6.45) is -0.845. The Morgan fingerprint density at radius 3 is 2.42 bits per heavy atom. The summed E-state index contributed by atoms with van der Waals surface area (Å²) in [5, 5.41) is 3.31. The zero-order valence-corrected chi connectivity index (χ0v) is 14.9. The van der Waals surface area contributed by atoms with Crippen LogP contribution in [0, 0.1) is 0 Å². The normalized spacial score (nSPS) is 11.5. The molecular weight excluding hydrogens is 350 g/mol. The minimum absolute atomic E-state index is 0.302. The van der Waals surface area contributed by atoms with E-state index in [0.29, 0.717) is 22.2 Å². The summed E-state index contributed by atoms with van der Waals surface area (Å²) in [7, 11) is 1.58. The van der Waals surface area contributed by atoms with Crippen molar-refractivity contribution in [1.29, 1.82) is 0 Å². The summed E-state index contributed by atoms with van der Waals surface area (Å²) >= 11 is 6.19. The second kappa shape index (κ2) is 8.41. The molecule has 0 spiro atoms. The first-order chi connectivity index (χ1) is 12.7. The molecule has 0 saturated heterocycles. The molecule has 1 atom stereocenters. The number of carbonyl (C=O) groups is 1. The number of anilines is 1. The van der Waals surface area contributed by atoms with Crippen LogP contribution < -0.4 is 14.8 Å². The summed E-state index contributed by atoms with van der Waals surface area (Å²) in [6.45, 7) is 0. The number of para-hydroxylation sites is 1. The third-order valence-electron chi connectivity index (χ3n) is 3.76. The Hall–Kier alpha value is -2.98. The number of nitrogens with one attached hydrogen (secondary N) is 1. The molecule has 0 unspecified atom stereocenters. The minimum Gasteiger partial charge on any atom is -0.497 e. The lowest BCUT2D eigenvalue weighted by Crippen LogP contribution is -2.25. The summed E-state index contributed by atoms with van der Waals surface area (Å²) in [5.41, 5.74) is 1.35. The maximum Gasteiger partial charge on any atom is 0.270 e. The number of hydrogen-bond acceptors (Lipinski definition) is 3. The molecular formula is C21H18ClNO3. The highest BCUT2D eigenvalue weighted by Gasteiger charge is 2.23. The van der Waals surface area contributed by atoms with Gasteiger partial charge in [0.15, 0.2) is 0 Å². The van der Waals surface area contributed by atoms with Crippen LogP contribution in [0.1, 0.15) is 11.7 Å². The maximum atomic E-state index is 12.9. The van der Waals surface area contributed by atoms with Gasteiger partial charge >= 0.3 is 0 Å². The quantitative estimate of drug-likeness (QED) is 0.658.